The molecule has 0 saturated carbocycles. The van der Waals surface area contributed by atoms with Gasteiger partial charge in [-0.1, -0.05) is 26.0 Å². The first-order chi connectivity index (χ1) is 14.0. The number of carbonyl (C=O) groups is 4. The molecule has 4 N–H and O–H groups in total. The molecule has 1 aromatic carbocycles. The SMILES string of the molecule is CC(=O)N[C@@H](Cc1ccc([N+](=O)[O-])cc1)C(=O)NCC(=O)N[C@@H](CC(C)C)C(=O)O. The standard InChI is InChI=1S/C19H26N4O7/c1-11(2)8-16(19(27)28)22-17(25)10-20-18(26)15(21-12(3)24)9-13-4-6-14(7-5-13)23(29)30/h4-7,11,15-16H,8-10H2,1-3H3,(H,20,26)(H,21,24)(H,22,25)(H,27,28)/t15-,16-/m0/s1. The second-order valence-electron chi connectivity index (χ2n) is 7.19. The van der Waals surface area contributed by atoms with Crippen molar-refractivity contribution in [3.05, 3.63) is 39.9 Å². The lowest BCUT2D eigenvalue weighted by Crippen LogP contribution is -2.51. The number of aliphatic carboxylic acids is 1. The summed E-state index contributed by atoms with van der Waals surface area (Å²) in [6, 6.07) is 3.42. The molecule has 0 unspecified atom stereocenters. The van der Waals surface area contributed by atoms with E-state index in [1.807, 2.05) is 13.8 Å². The number of carbonyl (C=O) groups excluding carboxylic acids is 3. The van der Waals surface area contributed by atoms with Gasteiger partial charge in [0.15, 0.2) is 0 Å². The summed E-state index contributed by atoms with van der Waals surface area (Å²) < 4.78 is 0. The van der Waals surface area contributed by atoms with Crippen LogP contribution in [0.3, 0.4) is 0 Å². The van der Waals surface area contributed by atoms with E-state index in [2.05, 4.69) is 16.0 Å². The Hall–Kier alpha value is -3.50. The molecule has 0 aliphatic carbocycles. The molecule has 0 radical (unpaired) electrons. The molecular formula is C19H26N4O7. The van der Waals surface area contributed by atoms with Gasteiger partial charge in [-0.3, -0.25) is 24.5 Å². The molecule has 0 spiro atoms. The monoisotopic (exact) mass is 422 g/mol. The molecule has 1 aromatic rings. The van der Waals surface area contributed by atoms with Crippen LogP contribution in [-0.4, -0.2) is 52.3 Å². The van der Waals surface area contributed by atoms with Crippen molar-refractivity contribution >= 4 is 29.4 Å². The van der Waals surface area contributed by atoms with Crippen molar-refractivity contribution in [3.8, 4) is 0 Å². The van der Waals surface area contributed by atoms with Crippen LogP contribution in [0, 0.1) is 16.0 Å². The number of nitro benzene ring substituents is 1. The molecule has 0 aliphatic heterocycles. The molecule has 0 aromatic heterocycles. The number of hydrogen-bond acceptors (Lipinski definition) is 6. The maximum absolute atomic E-state index is 12.4. The van der Waals surface area contributed by atoms with Crippen LogP contribution >= 0.6 is 0 Å². The van der Waals surface area contributed by atoms with Crippen LogP contribution < -0.4 is 16.0 Å². The van der Waals surface area contributed by atoms with E-state index in [1.165, 1.54) is 31.2 Å². The topological polar surface area (TPSA) is 168 Å². The highest BCUT2D eigenvalue weighted by atomic mass is 16.6. The number of nitro groups is 1. The molecule has 0 heterocycles. The van der Waals surface area contributed by atoms with E-state index >= 15 is 0 Å². The third kappa shape index (κ3) is 8.67. The molecular weight excluding hydrogens is 396 g/mol. The van der Waals surface area contributed by atoms with E-state index in [0.29, 0.717) is 5.56 Å². The van der Waals surface area contributed by atoms with Crippen molar-refractivity contribution in [3.63, 3.8) is 0 Å². The van der Waals surface area contributed by atoms with E-state index < -0.39 is 47.2 Å². The molecule has 3 amide bonds. The minimum atomic E-state index is -1.17. The van der Waals surface area contributed by atoms with Crippen molar-refractivity contribution in [2.24, 2.45) is 5.92 Å². The van der Waals surface area contributed by atoms with Gasteiger partial charge in [0.1, 0.15) is 12.1 Å². The Morgan fingerprint density at radius 1 is 1.07 bits per heavy atom. The fourth-order valence-corrected chi connectivity index (χ4v) is 2.67. The first-order valence-corrected chi connectivity index (χ1v) is 9.30. The average molecular weight is 422 g/mol. The normalized spacial score (nSPS) is 12.5. The Bertz CT molecular complexity index is 793. The lowest BCUT2D eigenvalue weighted by Gasteiger charge is -2.19. The van der Waals surface area contributed by atoms with Crippen molar-refractivity contribution in [1.82, 2.24) is 16.0 Å². The lowest BCUT2D eigenvalue weighted by molar-refractivity contribution is -0.384. The fraction of sp³-hybridized carbons (Fsp3) is 0.474. The highest BCUT2D eigenvalue weighted by molar-refractivity contribution is 5.91. The third-order valence-corrected chi connectivity index (χ3v) is 4.04. The zero-order valence-corrected chi connectivity index (χ0v) is 17.0. The predicted octanol–water partition coefficient (Wildman–Crippen LogP) is 0.374. The van der Waals surface area contributed by atoms with Gasteiger partial charge in [-0.15, -0.1) is 0 Å². The molecule has 0 aliphatic rings. The van der Waals surface area contributed by atoms with Crippen molar-refractivity contribution in [2.45, 2.75) is 45.7 Å². The van der Waals surface area contributed by atoms with Gasteiger partial charge < -0.3 is 21.1 Å². The van der Waals surface area contributed by atoms with Gasteiger partial charge in [-0.2, -0.15) is 0 Å². The zero-order chi connectivity index (χ0) is 22.8. The second kappa shape index (κ2) is 11.5. The minimum Gasteiger partial charge on any atom is -0.480 e. The Labute approximate surface area is 173 Å². The number of nitrogens with zero attached hydrogens (tertiary/aromatic N) is 1. The number of amides is 3. The van der Waals surface area contributed by atoms with Crippen molar-refractivity contribution < 1.29 is 29.2 Å². The summed E-state index contributed by atoms with van der Waals surface area (Å²) >= 11 is 0. The molecule has 0 fully saturated rings. The fourth-order valence-electron chi connectivity index (χ4n) is 2.67. The Morgan fingerprint density at radius 2 is 1.67 bits per heavy atom. The van der Waals surface area contributed by atoms with Crippen molar-refractivity contribution in [1.29, 1.82) is 0 Å². The largest absolute Gasteiger partial charge is 0.480 e. The van der Waals surface area contributed by atoms with Gasteiger partial charge >= 0.3 is 5.97 Å². The first kappa shape index (κ1) is 24.5. The van der Waals surface area contributed by atoms with Crippen LogP contribution in [0.1, 0.15) is 32.8 Å². The highest BCUT2D eigenvalue weighted by Gasteiger charge is 2.23. The van der Waals surface area contributed by atoms with Gasteiger partial charge in [0.2, 0.25) is 17.7 Å². The van der Waals surface area contributed by atoms with Gasteiger partial charge in [-0.25, -0.2) is 4.79 Å². The number of carboxylic acids is 1. The van der Waals surface area contributed by atoms with Gasteiger partial charge in [-0.05, 0) is 17.9 Å². The smallest absolute Gasteiger partial charge is 0.326 e. The summed E-state index contributed by atoms with van der Waals surface area (Å²) in [4.78, 5) is 57.3. The summed E-state index contributed by atoms with van der Waals surface area (Å²) in [5.74, 6) is -2.91. The zero-order valence-electron chi connectivity index (χ0n) is 17.0. The summed E-state index contributed by atoms with van der Waals surface area (Å²) in [6.07, 6.45) is 0.291. The maximum atomic E-state index is 12.4. The van der Waals surface area contributed by atoms with E-state index in [0.717, 1.165) is 0 Å². The molecule has 11 nitrogen and oxygen atoms in total. The van der Waals surface area contributed by atoms with Crippen LogP contribution in [0.2, 0.25) is 0 Å². The van der Waals surface area contributed by atoms with Crippen LogP contribution in [0.4, 0.5) is 5.69 Å². The number of non-ortho nitro benzene ring substituents is 1. The quantitative estimate of drug-likeness (QED) is 0.295. The average Bonchev–Trinajstić information content (AvgIpc) is 2.64. The Balaban J connectivity index is 2.72. The van der Waals surface area contributed by atoms with Gasteiger partial charge in [0.25, 0.3) is 5.69 Å². The van der Waals surface area contributed by atoms with Gasteiger partial charge in [0.05, 0.1) is 11.5 Å². The molecule has 11 heteroatoms. The second-order valence-corrected chi connectivity index (χ2v) is 7.19. The number of hydrogen-bond donors (Lipinski definition) is 4. The molecule has 2 atom stereocenters. The number of benzene rings is 1. The molecule has 164 valence electrons. The summed E-state index contributed by atoms with van der Waals surface area (Å²) in [7, 11) is 0. The van der Waals surface area contributed by atoms with Crippen LogP contribution in [0.15, 0.2) is 24.3 Å². The van der Waals surface area contributed by atoms with E-state index in [-0.39, 0.29) is 24.4 Å². The maximum Gasteiger partial charge on any atom is 0.326 e. The van der Waals surface area contributed by atoms with E-state index in [4.69, 9.17) is 5.11 Å². The summed E-state index contributed by atoms with van der Waals surface area (Å²) in [5, 5.41) is 27.1. The van der Waals surface area contributed by atoms with E-state index in [9.17, 15) is 29.3 Å². The molecule has 0 bridgehead atoms. The minimum absolute atomic E-state index is 0.0480. The van der Waals surface area contributed by atoms with Crippen LogP contribution in [0.25, 0.3) is 0 Å². The van der Waals surface area contributed by atoms with E-state index in [1.54, 1.807) is 0 Å². The predicted molar refractivity (Wildman–Crippen MR) is 106 cm³/mol. The first-order valence-electron chi connectivity index (χ1n) is 9.30. The number of carboxylic acid groups (broad SMARTS) is 1. The Morgan fingerprint density at radius 3 is 2.13 bits per heavy atom. The van der Waals surface area contributed by atoms with Crippen LogP contribution in [0.5, 0.6) is 0 Å². The summed E-state index contributed by atoms with van der Waals surface area (Å²) in [6.45, 7) is 4.41. The van der Waals surface area contributed by atoms with Gasteiger partial charge in [0, 0.05) is 25.5 Å². The van der Waals surface area contributed by atoms with Crippen molar-refractivity contribution in [2.75, 3.05) is 6.54 Å². The number of rotatable bonds is 11. The molecule has 0 saturated heterocycles. The Kier molecular flexibility index (Phi) is 9.40. The molecule has 1 rings (SSSR count). The number of nitrogens with one attached hydrogen (secondary N) is 3. The summed E-state index contributed by atoms with van der Waals surface area (Å²) in [5.41, 5.74) is 0.465. The lowest BCUT2D eigenvalue weighted by atomic mass is 10.0. The highest BCUT2D eigenvalue weighted by Crippen LogP contribution is 2.13. The third-order valence-electron chi connectivity index (χ3n) is 4.04. The van der Waals surface area contributed by atoms with Crippen LogP contribution in [-0.2, 0) is 25.6 Å². The molecule has 30 heavy (non-hydrogen) atoms.